The zero-order valence-corrected chi connectivity index (χ0v) is 15.3. The highest BCUT2D eigenvalue weighted by Crippen LogP contribution is 2.16. The van der Waals surface area contributed by atoms with Gasteiger partial charge in [-0.1, -0.05) is 0 Å². The standard InChI is InChI=1S/C17H29N5O2/c1-12(2)21-9-7-19-17(24)14(21)10-16(23)22(13(3)4)11-15-18-6-8-20(15)5/h6,8,12-14H,7,9-11H2,1-5H3,(H,19,24). The summed E-state index contributed by atoms with van der Waals surface area (Å²) < 4.78 is 1.91. The first-order chi connectivity index (χ1) is 11.3. The van der Waals surface area contributed by atoms with Crippen molar-refractivity contribution < 1.29 is 9.59 Å². The van der Waals surface area contributed by atoms with E-state index in [0.29, 0.717) is 13.1 Å². The van der Waals surface area contributed by atoms with Gasteiger partial charge >= 0.3 is 0 Å². The molecular formula is C17H29N5O2. The van der Waals surface area contributed by atoms with Gasteiger partial charge in [-0.05, 0) is 27.7 Å². The van der Waals surface area contributed by atoms with E-state index in [-0.39, 0.29) is 30.3 Å². The Morgan fingerprint density at radius 1 is 1.42 bits per heavy atom. The lowest BCUT2D eigenvalue weighted by atomic mass is 10.1. The Balaban J connectivity index is 2.11. The summed E-state index contributed by atoms with van der Waals surface area (Å²) in [6.45, 7) is 9.97. The fourth-order valence-corrected chi connectivity index (χ4v) is 3.10. The van der Waals surface area contributed by atoms with Gasteiger partial charge in [0, 0.05) is 44.6 Å². The van der Waals surface area contributed by atoms with Gasteiger partial charge in [0.05, 0.1) is 19.0 Å². The van der Waals surface area contributed by atoms with E-state index in [4.69, 9.17) is 0 Å². The lowest BCUT2D eigenvalue weighted by Crippen LogP contribution is -2.58. The Morgan fingerprint density at radius 3 is 2.67 bits per heavy atom. The molecule has 1 aliphatic heterocycles. The molecule has 0 aromatic carbocycles. The molecule has 0 radical (unpaired) electrons. The molecule has 2 heterocycles. The number of piperazine rings is 1. The number of amides is 2. The van der Waals surface area contributed by atoms with Gasteiger partial charge in [0.2, 0.25) is 11.8 Å². The van der Waals surface area contributed by atoms with Crippen LogP contribution in [0.15, 0.2) is 12.4 Å². The van der Waals surface area contributed by atoms with Crippen molar-refractivity contribution in [3.05, 3.63) is 18.2 Å². The van der Waals surface area contributed by atoms with E-state index in [2.05, 4.69) is 29.0 Å². The number of imidazole rings is 1. The van der Waals surface area contributed by atoms with E-state index < -0.39 is 6.04 Å². The van der Waals surface area contributed by atoms with E-state index in [0.717, 1.165) is 12.4 Å². The van der Waals surface area contributed by atoms with Crippen molar-refractivity contribution in [2.24, 2.45) is 7.05 Å². The van der Waals surface area contributed by atoms with Gasteiger partial charge in [-0.25, -0.2) is 4.98 Å². The van der Waals surface area contributed by atoms with Crippen LogP contribution in [-0.4, -0.2) is 62.4 Å². The molecule has 2 amide bonds. The van der Waals surface area contributed by atoms with Gasteiger partial charge < -0.3 is 14.8 Å². The molecule has 0 bridgehead atoms. The largest absolute Gasteiger partial charge is 0.353 e. The van der Waals surface area contributed by atoms with E-state index >= 15 is 0 Å². The average molecular weight is 335 g/mol. The molecule has 0 spiro atoms. The Morgan fingerprint density at radius 2 is 2.12 bits per heavy atom. The second-order valence-electron chi connectivity index (χ2n) is 6.91. The molecule has 24 heavy (non-hydrogen) atoms. The van der Waals surface area contributed by atoms with Crippen LogP contribution in [0.25, 0.3) is 0 Å². The van der Waals surface area contributed by atoms with Crippen molar-refractivity contribution in [3.8, 4) is 0 Å². The monoisotopic (exact) mass is 335 g/mol. The average Bonchev–Trinajstić information content (AvgIpc) is 2.91. The number of nitrogens with one attached hydrogen (secondary N) is 1. The highest BCUT2D eigenvalue weighted by Gasteiger charge is 2.34. The molecule has 1 atom stereocenters. The number of hydrogen-bond acceptors (Lipinski definition) is 4. The predicted molar refractivity (Wildman–Crippen MR) is 92.2 cm³/mol. The van der Waals surface area contributed by atoms with Crippen LogP contribution < -0.4 is 5.32 Å². The van der Waals surface area contributed by atoms with Crippen LogP contribution in [0.1, 0.15) is 39.9 Å². The molecule has 1 saturated heterocycles. The van der Waals surface area contributed by atoms with Crippen molar-refractivity contribution in [2.75, 3.05) is 13.1 Å². The summed E-state index contributed by atoms with van der Waals surface area (Å²) in [6, 6.07) is -0.113. The Labute approximate surface area is 144 Å². The second-order valence-corrected chi connectivity index (χ2v) is 6.91. The lowest BCUT2D eigenvalue weighted by Gasteiger charge is -2.38. The van der Waals surface area contributed by atoms with Gasteiger partial charge in [0.25, 0.3) is 0 Å². The Kier molecular flexibility index (Phi) is 5.99. The zero-order valence-electron chi connectivity index (χ0n) is 15.3. The molecule has 0 saturated carbocycles. The van der Waals surface area contributed by atoms with Crippen molar-refractivity contribution >= 4 is 11.8 Å². The summed E-state index contributed by atoms with van der Waals surface area (Å²) in [4.78, 5) is 33.4. The van der Waals surface area contributed by atoms with Crippen molar-refractivity contribution in [3.63, 3.8) is 0 Å². The third-order valence-electron chi connectivity index (χ3n) is 4.58. The van der Waals surface area contributed by atoms with Crippen LogP contribution in [0.2, 0.25) is 0 Å². The number of carbonyl (C=O) groups excluding carboxylic acids is 2. The topological polar surface area (TPSA) is 70.5 Å². The van der Waals surface area contributed by atoms with Crippen molar-refractivity contribution in [2.45, 2.75) is 58.8 Å². The van der Waals surface area contributed by atoms with E-state index in [1.54, 1.807) is 11.1 Å². The van der Waals surface area contributed by atoms with Crippen LogP contribution in [0.5, 0.6) is 0 Å². The van der Waals surface area contributed by atoms with E-state index in [1.807, 2.05) is 31.7 Å². The molecule has 1 aliphatic rings. The highest BCUT2D eigenvalue weighted by molar-refractivity contribution is 5.89. The third kappa shape index (κ3) is 4.14. The van der Waals surface area contributed by atoms with Crippen LogP contribution in [0.3, 0.4) is 0 Å². The molecular weight excluding hydrogens is 306 g/mol. The Bertz CT molecular complexity index is 581. The lowest BCUT2D eigenvalue weighted by molar-refractivity contribution is -0.141. The minimum Gasteiger partial charge on any atom is -0.353 e. The fraction of sp³-hybridized carbons (Fsp3) is 0.706. The molecule has 2 rings (SSSR count). The minimum absolute atomic E-state index is 0.0132. The maximum absolute atomic E-state index is 12.9. The van der Waals surface area contributed by atoms with Crippen LogP contribution in [0.4, 0.5) is 0 Å². The summed E-state index contributed by atoms with van der Waals surface area (Å²) >= 11 is 0. The van der Waals surface area contributed by atoms with Gasteiger partial charge in [0.1, 0.15) is 5.82 Å². The molecule has 7 nitrogen and oxygen atoms in total. The molecule has 7 heteroatoms. The maximum atomic E-state index is 12.9. The normalized spacial score (nSPS) is 19.0. The summed E-state index contributed by atoms with van der Waals surface area (Å²) in [7, 11) is 1.92. The smallest absolute Gasteiger partial charge is 0.237 e. The molecule has 1 aromatic rings. The second kappa shape index (κ2) is 7.79. The molecule has 1 unspecified atom stereocenters. The molecule has 1 N–H and O–H groups in total. The van der Waals surface area contributed by atoms with Crippen LogP contribution in [0, 0.1) is 0 Å². The summed E-state index contributed by atoms with van der Waals surface area (Å²) in [5.41, 5.74) is 0. The first-order valence-corrected chi connectivity index (χ1v) is 8.60. The van der Waals surface area contributed by atoms with E-state index in [9.17, 15) is 9.59 Å². The SMILES string of the molecule is CC(C)N(Cc1nccn1C)C(=O)CC1C(=O)NCCN1C(C)C. The predicted octanol–water partition coefficient (Wildman–Crippen LogP) is 0.756. The number of aromatic nitrogens is 2. The third-order valence-corrected chi connectivity index (χ3v) is 4.58. The number of aryl methyl sites for hydroxylation is 1. The molecule has 1 aromatic heterocycles. The number of carbonyl (C=O) groups is 2. The zero-order chi connectivity index (χ0) is 17.9. The maximum Gasteiger partial charge on any atom is 0.237 e. The van der Waals surface area contributed by atoms with Gasteiger partial charge in [-0.3, -0.25) is 14.5 Å². The van der Waals surface area contributed by atoms with Gasteiger partial charge in [-0.2, -0.15) is 0 Å². The van der Waals surface area contributed by atoms with E-state index in [1.165, 1.54) is 0 Å². The molecule has 1 fully saturated rings. The highest BCUT2D eigenvalue weighted by atomic mass is 16.2. The van der Waals surface area contributed by atoms with Gasteiger partial charge in [-0.15, -0.1) is 0 Å². The summed E-state index contributed by atoms with van der Waals surface area (Å²) in [6.07, 6.45) is 3.80. The number of hydrogen-bond donors (Lipinski definition) is 1. The number of nitrogens with zero attached hydrogens (tertiary/aromatic N) is 4. The Hall–Kier alpha value is -1.89. The van der Waals surface area contributed by atoms with Crippen LogP contribution >= 0.6 is 0 Å². The van der Waals surface area contributed by atoms with Crippen molar-refractivity contribution in [1.82, 2.24) is 24.7 Å². The number of rotatable bonds is 6. The molecule has 134 valence electrons. The first-order valence-electron chi connectivity index (χ1n) is 8.60. The summed E-state index contributed by atoms with van der Waals surface area (Å²) in [5, 5.41) is 2.88. The summed E-state index contributed by atoms with van der Waals surface area (Å²) in [5.74, 6) is 0.774. The molecule has 0 aliphatic carbocycles. The van der Waals surface area contributed by atoms with Crippen LogP contribution in [-0.2, 0) is 23.2 Å². The van der Waals surface area contributed by atoms with Crippen molar-refractivity contribution in [1.29, 1.82) is 0 Å². The first kappa shape index (κ1) is 18.4. The quantitative estimate of drug-likeness (QED) is 0.833. The fourth-order valence-electron chi connectivity index (χ4n) is 3.10. The minimum atomic E-state index is -0.395. The van der Waals surface area contributed by atoms with Gasteiger partial charge in [0.15, 0.2) is 0 Å².